The number of hydrogen-bond acceptors (Lipinski definition) is 5. The number of carbonyl (C=O) groups is 1. The molecule has 0 atom stereocenters. The summed E-state index contributed by atoms with van der Waals surface area (Å²) < 4.78 is 5.95. The highest BCUT2D eigenvalue weighted by atomic mass is 16.5. The summed E-state index contributed by atoms with van der Waals surface area (Å²) in [5, 5.41) is 0. The molecule has 1 N–H and O–H groups in total. The molecule has 1 aliphatic heterocycles. The van der Waals surface area contributed by atoms with Gasteiger partial charge in [-0.3, -0.25) is 4.79 Å². The molecule has 4 aromatic rings. The van der Waals surface area contributed by atoms with Crippen molar-refractivity contribution >= 4 is 22.7 Å². The number of aromatic amines is 1. The summed E-state index contributed by atoms with van der Waals surface area (Å²) in [6.45, 7) is 1.48. The Balaban J connectivity index is 1.20. The highest BCUT2D eigenvalue weighted by Gasteiger charge is 2.15. The van der Waals surface area contributed by atoms with E-state index in [2.05, 4.69) is 44.1 Å². The largest absolute Gasteiger partial charge is 0.441 e. The number of fused-ring (bicyclic) bond motifs is 1. The maximum Gasteiger partial charge on any atom is 0.228 e. The van der Waals surface area contributed by atoms with Gasteiger partial charge in [-0.1, -0.05) is 42.5 Å². The maximum atomic E-state index is 12.8. The van der Waals surface area contributed by atoms with Crippen molar-refractivity contribution in [2.45, 2.75) is 6.42 Å². The third-order valence-corrected chi connectivity index (χ3v) is 5.32. The highest BCUT2D eigenvalue weighted by Crippen LogP contribution is 2.18. The molecule has 3 aromatic carbocycles. The van der Waals surface area contributed by atoms with Crippen LogP contribution in [0.25, 0.3) is 11.0 Å². The average molecular weight is 422 g/mol. The number of aromatic nitrogens is 2. The van der Waals surface area contributed by atoms with Crippen LogP contribution < -0.4 is 4.74 Å². The fraction of sp³-hybridized carbons (Fsp3) is 0.115. The zero-order valence-corrected chi connectivity index (χ0v) is 17.4. The van der Waals surface area contributed by atoms with E-state index in [-0.39, 0.29) is 5.78 Å². The normalized spacial score (nSPS) is 13.2. The summed E-state index contributed by atoms with van der Waals surface area (Å²) >= 11 is 0. The Bertz CT molecular complexity index is 1260. The Morgan fingerprint density at radius 2 is 1.75 bits per heavy atom. The summed E-state index contributed by atoms with van der Waals surface area (Å²) in [4.78, 5) is 26.8. The lowest BCUT2D eigenvalue weighted by Gasteiger charge is -2.23. The van der Waals surface area contributed by atoms with Crippen molar-refractivity contribution in [1.29, 1.82) is 0 Å². The van der Waals surface area contributed by atoms with Gasteiger partial charge < -0.3 is 14.6 Å². The lowest BCUT2D eigenvalue weighted by atomic mass is 10.1. The van der Waals surface area contributed by atoms with Gasteiger partial charge in [0.15, 0.2) is 5.82 Å². The molecular weight excluding hydrogens is 400 g/mol. The van der Waals surface area contributed by atoms with Crippen LogP contribution in [-0.2, 0) is 6.42 Å². The number of ether oxygens (including phenoxy) is 1. The number of aliphatic imine (C=N–C) groups is 1. The van der Waals surface area contributed by atoms with Gasteiger partial charge in [-0.05, 0) is 48.4 Å². The van der Waals surface area contributed by atoms with Crippen LogP contribution in [0.5, 0.6) is 5.75 Å². The summed E-state index contributed by atoms with van der Waals surface area (Å²) in [7, 11) is 0. The van der Waals surface area contributed by atoms with Gasteiger partial charge in [-0.25, -0.2) is 9.98 Å². The molecule has 0 saturated heterocycles. The minimum atomic E-state index is -0.155. The molecule has 0 bridgehead atoms. The molecule has 2 heterocycles. The van der Waals surface area contributed by atoms with Gasteiger partial charge in [-0.2, -0.15) is 0 Å². The molecule has 0 fully saturated rings. The first-order valence-corrected chi connectivity index (χ1v) is 10.5. The van der Waals surface area contributed by atoms with Gasteiger partial charge >= 0.3 is 0 Å². The molecule has 0 aliphatic carbocycles. The van der Waals surface area contributed by atoms with Crippen LogP contribution >= 0.6 is 0 Å². The first-order valence-electron chi connectivity index (χ1n) is 10.5. The number of imidazole rings is 1. The minimum Gasteiger partial charge on any atom is -0.441 e. The van der Waals surface area contributed by atoms with Crippen LogP contribution in [0.3, 0.4) is 0 Å². The standard InChI is InChI=1S/C26H22N4O2/c31-25(26-28-22-8-4-5-9-23(22)29-26)20-10-12-21(13-11-20)32-24-18-30(17-15-27-24)16-14-19-6-2-1-3-7-19/h1-13,15,17H,14,16,18H2,(H,28,29). The predicted molar refractivity (Wildman–Crippen MR) is 125 cm³/mol. The van der Waals surface area contributed by atoms with Gasteiger partial charge in [0.2, 0.25) is 11.7 Å². The number of nitrogens with zero attached hydrogens (tertiary/aromatic N) is 3. The van der Waals surface area contributed by atoms with E-state index in [9.17, 15) is 4.79 Å². The van der Waals surface area contributed by atoms with Crippen LogP contribution in [0.15, 0.2) is 96.3 Å². The third kappa shape index (κ3) is 4.44. The summed E-state index contributed by atoms with van der Waals surface area (Å²) in [6.07, 6.45) is 4.69. The maximum absolute atomic E-state index is 12.8. The second kappa shape index (κ2) is 8.89. The second-order valence-electron chi connectivity index (χ2n) is 7.59. The summed E-state index contributed by atoms with van der Waals surface area (Å²) in [6, 6.07) is 25.0. The number of carbonyl (C=O) groups excluding carboxylic acids is 1. The number of ketones is 1. The second-order valence-corrected chi connectivity index (χ2v) is 7.59. The van der Waals surface area contributed by atoms with Crippen molar-refractivity contribution in [3.63, 3.8) is 0 Å². The number of benzene rings is 3. The Hall–Kier alpha value is -4.19. The molecule has 0 unspecified atom stereocenters. The van der Waals surface area contributed by atoms with E-state index in [4.69, 9.17) is 4.74 Å². The number of nitrogens with one attached hydrogen (secondary N) is 1. The first-order chi connectivity index (χ1) is 15.7. The van der Waals surface area contributed by atoms with Gasteiger partial charge in [-0.15, -0.1) is 0 Å². The first kappa shape index (κ1) is 19.8. The van der Waals surface area contributed by atoms with E-state index in [1.807, 2.05) is 36.5 Å². The number of H-pyrrole nitrogens is 1. The van der Waals surface area contributed by atoms with Crippen molar-refractivity contribution in [3.05, 3.63) is 108 Å². The molecular formula is C26H22N4O2. The smallest absolute Gasteiger partial charge is 0.228 e. The number of rotatable bonds is 6. The summed E-state index contributed by atoms with van der Waals surface area (Å²) in [5.41, 5.74) is 3.47. The van der Waals surface area contributed by atoms with Crippen molar-refractivity contribution in [2.24, 2.45) is 4.99 Å². The molecule has 158 valence electrons. The number of para-hydroxylation sites is 2. The van der Waals surface area contributed by atoms with E-state index >= 15 is 0 Å². The molecule has 0 spiro atoms. The molecule has 5 rings (SSSR count). The van der Waals surface area contributed by atoms with Crippen LogP contribution in [0.4, 0.5) is 0 Å². The molecule has 0 saturated carbocycles. The number of hydrogen-bond donors (Lipinski definition) is 1. The average Bonchev–Trinajstić information content (AvgIpc) is 3.28. The van der Waals surface area contributed by atoms with Gasteiger partial charge in [0.1, 0.15) is 5.75 Å². The quantitative estimate of drug-likeness (QED) is 0.461. The highest BCUT2D eigenvalue weighted by molar-refractivity contribution is 6.08. The van der Waals surface area contributed by atoms with Gasteiger partial charge in [0, 0.05) is 24.5 Å². The Kier molecular flexibility index (Phi) is 5.49. The van der Waals surface area contributed by atoms with Crippen LogP contribution in [0.1, 0.15) is 21.7 Å². The minimum absolute atomic E-state index is 0.155. The molecule has 32 heavy (non-hydrogen) atoms. The lowest BCUT2D eigenvalue weighted by Crippen LogP contribution is -2.32. The monoisotopic (exact) mass is 422 g/mol. The molecule has 6 heteroatoms. The van der Waals surface area contributed by atoms with Crippen molar-refractivity contribution < 1.29 is 9.53 Å². The van der Waals surface area contributed by atoms with E-state index < -0.39 is 0 Å². The fourth-order valence-electron chi connectivity index (χ4n) is 3.62. The van der Waals surface area contributed by atoms with E-state index in [0.717, 1.165) is 24.0 Å². The predicted octanol–water partition coefficient (Wildman–Crippen LogP) is 4.60. The van der Waals surface area contributed by atoms with E-state index in [1.54, 1.807) is 30.5 Å². The summed E-state index contributed by atoms with van der Waals surface area (Å²) in [5.74, 6) is 1.44. The zero-order valence-electron chi connectivity index (χ0n) is 17.4. The SMILES string of the molecule is O=C(c1ccc(OC2=NC=CN(CCc3ccccc3)C2)cc1)c1nc2ccccc2[nH]1. The molecule has 6 nitrogen and oxygen atoms in total. The Labute approximate surface area is 185 Å². The zero-order chi connectivity index (χ0) is 21.8. The molecule has 1 aromatic heterocycles. The molecule has 0 radical (unpaired) electrons. The van der Waals surface area contributed by atoms with Crippen molar-refractivity contribution in [1.82, 2.24) is 14.9 Å². The van der Waals surface area contributed by atoms with Crippen molar-refractivity contribution in [3.8, 4) is 5.75 Å². The van der Waals surface area contributed by atoms with Gasteiger partial charge in [0.25, 0.3) is 0 Å². The van der Waals surface area contributed by atoms with Crippen molar-refractivity contribution in [2.75, 3.05) is 13.1 Å². The van der Waals surface area contributed by atoms with E-state index in [0.29, 0.717) is 29.6 Å². The Morgan fingerprint density at radius 3 is 2.56 bits per heavy atom. The van der Waals surface area contributed by atoms with Crippen LogP contribution in [0.2, 0.25) is 0 Å². The van der Waals surface area contributed by atoms with E-state index in [1.165, 1.54) is 5.56 Å². The fourth-order valence-corrected chi connectivity index (χ4v) is 3.62. The van der Waals surface area contributed by atoms with Crippen LogP contribution in [0, 0.1) is 0 Å². The van der Waals surface area contributed by atoms with Crippen LogP contribution in [-0.4, -0.2) is 39.6 Å². The van der Waals surface area contributed by atoms with Gasteiger partial charge in [0.05, 0.1) is 17.6 Å². The lowest BCUT2D eigenvalue weighted by molar-refractivity contribution is 0.103. The third-order valence-electron chi connectivity index (χ3n) is 5.32. The Morgan fingerprint density at radius 1 is 0.969 bits per heavy atom. The topological polar surface area (TPSA) is 70.6 Å². The molecule has 1 aliphatic rings. The molecule has 0 amide bonds.